The molecule has 4 rings (SSSR count). The molecule has 0 spiro atoms. The Hall–Kier alpha value is -2.99. The highest BCUT2D eigenvalue weighted by Gasteiger charge is 2.45. The van der Waals surface area contributed by atoms with Crippen molar-refractivity contribution in [1.82, 2.24) is 19.3 Å². The molecular weight excluding hydrogens is 420 g/mol. The summed E-state index contributed by atoms with van der Waals surface area (Å²) in [6.45, 7) is 1.83. The number of unbranched alkanes of at least 4 members (excludes halogenated alkanes) is 1. The van der Waals surface area contributed by atoms with Crippen molar-refractivity contribution < 1.29 is 24.9 Å². The number of ether oxygens (including phenoxy) is 1. The van der Waals surface area contributed by atoms with Gasteiger partial charge in [0.1, 0.15) is 18.3 Å². The summed E-state index contributed by atoms with van der Waals surface area (Å²) in [6.07, 6.45) is -3.40. The second kappa shape index (κ2) is 9.25. The number of rotatable bonds is 8. The summed E-state index contributed by atoms with van der Waals surface area (Å²) in [6, 6.07) is 9.35. The summed E-state index contributed by atoms with van der Waals surface area (Å²) in [5, 5.41) is 29.7. The first kappa shape index (κ1) is 22.2. The van der Waals surface area contributed by atoms with Crippen LogP contribution in [0, 0.1) is 0 Å². The summed E-state index contributed by atoms with van der Waals surface area (Å²) >= 11 is 0. The third-order valence-electron chi connectivity index (χ3n) is 5.47. The van der Waals surface area contributed by atoms with E-state index >= 15 is 0 Å². The Morgan fingerprint density at radius 1 is 1.19 bits per heavy atom. The smallest absolute Gasteiger partial charge is 0.330 e. The lowest BCUT2D eigenvalue weighted by atomic mass is 10.1. The van der Waals surface area contributed by atoms with Crippen molar-refractivity contribution in [3.63, 3.8) is 0 Å². The Morgan fingerprint density at radius 3 is 2.59 bits per heavy atom. The Balaban J connectivity index is 1.83. The summed E-state index contributed by atoms with van der Waals surface area (Å²) in [7, 11) is 0. The van der Waals surface area contributed by atoms with Crippen LogP contribution in [0.1, 0.15) is 31.2 Å². The number of aliphatic hydroxyl groups excluding tert-OH is 3. The number of aromatic amines is 1. The van der Waals surface area contributed by atoms with Gasteiger partial charge in [-0.05, 0) is 12.0 Å². The number of hydrogen-bond donors (Lipinski definition) is 4. The lowest BCUT2D eigenvalue weighted by molar-refractivity contribution is -0.170. The molecule has 11 nitrogen and oxygen atoms in total. The fraction of sp³-hybridized carbons (Fsp3) is 0.476. The maximum Gasteiger partial charge on any atom is 0.330 e. The van der Waals surface area contributed by atoms with Crippen LogP contribution in [0.25, 0.3) is 11.2 Å². The van der Waals surface area contributed by atoms with Gasteiger partial charge in [-0.25, -0.2) is 9.78 Å². The van der Waals surface area contributed by atoms with Crippen molar-refractivity contribution in [3.05, 3.63) is 62.6 Å². The number of aryl methyl sites for hydroxylation is 1. The monoisotopic (exact) mass is 446 g/mol. The first-order chi connectivity index (χ1) is 15.4. The number of nitrogens with one attached hydrogen (secondary N) is 1. The van der Waals surface area contributed by atoms with Gasteiger partial charge >= 0.3 is 5.69 Å². The third-order valence-corrected chi connectivity index (χ3v) is 5.47. The molecule has 1 saturated heterocycles. The van der Waals surface area contributed by atoms with Crippen molar-refractivity contribution in [2.24, 2.45) is 0 Å². The predicted octanol–water partition coefficient (Wildman–Crippen LogP) is -0.855. The van der Waals surface area contributed by atoms with E-state index in [9.17, 15) is 24.9 Å². The number of benzene rings is 1. The van der Waals surface area contributed by atoms with Crippen LogP contribution in [0.3, 0.4) is 0 Å². The summed E-state index contributed by atoms with van der Waals surface area (Å²) in [4.78, 5) is 37.8. The lowest BCUT2D eigenvalue weighted by Gasteiger charge is -2.18. The average Bonchev–Trinajstić information content (AvgIpc) is 3.27. The van der Waals surface area contributed by atoms with Crippen molar-refractivity contribution >= 4 is 11.2 Å². The van der Waals surface area contributed by atoms with E-state index < -0.39 is 42.5 Å². The van der Waals surface area contributed by atoms with Crippen molar-refractivity contribution in [3.8, 4) is 0 Å². The molecule has 3 aromatic rings. The van der Waals surface area contributed by atoms with Gasteiger partial charge in [0.2, 0.25) is 0 Å². The maximum atomic E-state index is 12.7. The molecule has 1 fully saturated rings. The van der Waals surface area contributed by atoms with E-state index in [-0.39, 0.29) is 17.6 Å². The summed E-state index contributed by atoms with van der Waals surface area (Å²) < 4.78 is 7.94. The molecule has 4 atom stereocenters. The van der Waals surface area contributed by atoms with Crippen LogP contribution < -0.4 is 16.1 Å². The predicted molar refractivity (Wildman–Crippen MR) is 113 cm³/mol. The van der Waals surface area contributed by atoms with Crippen molar-refractivity contribution in [2.45, 2.75) is 57.3 Å². The zero-order valence-corrected chi connectivity index (χ0v) is 17.5. The van der Waals surface area contributed by atoms with Crippen LogP contribution in [0.15, 0.2) is 39.9 Å². The topological polar surface area (TPSA) is 152 Å². The number of aliphatic hydroxyl groups is 3. The van der Waals surface area contributed by atoms with Crippen LogP contribution in [0.4, 0.5) is 0 Å². The molecule has 3 heterocycles. The summed E-state index contributed by atoms with van der Waals surface area (Å²) in [5.41, 5.74) is -0.238. The van der Waals surface area contributed by atoms with Gasteiger partial charge in [-0.15, -0.1) is 0 Å². The Labute approximate surface area is 182 Å². The number of nitrogens with zero attached hydrogens (tertiary/aromatic N) is 3. The average molecular weight is 446 g/mol. The second-order valence-corrected chi connectivity index (χ2v) is 7.73. The normalized spacial score (nSPS) is 23.1. The number of imidazole rings is 1. The molecule has 2 aromatic heterocycles. The molecule has 0 bridgehead atoms. The zero-order valence-electron chi connectivity index (χ0n) is 17.5. The molecule has 0 unspecified atom stereocenters. The van der Waals surface area contributed by atoms with Gasteiger partial charge < -0.3 is 24.9 Å². The maximum absolute atomic E-state index is 12.7. The van der Waals surface area contributed by atoms with Gasteiger partial charge in [0, 0.05) is 13.0 Å². The van der Waals surface area contributed by atoms with Gasteiger partial charge in [0.15, 0.2) is 17.0 Å². The molecule has 32 heavy (non-hydrogen) atoms. The fourth-order valence-electron chi connectivity index (χ4n) is 3.73. The second-order valence-electron chi connectivity index (χ2n) is 7.73. The van der Waals surface area contributed by atoms with E-state index in [0.717, 1.165) is 16.7 Å². The molecule has 11 heteroatoms. The minimum atomic E-state index is -1.46. The van der Waals surface area contributed by atoms with Gasteiger partial charge in [0.25, 0.3) is 11.8 Å². The molecule has 0 amide bonds. The quantitative estimate of drug-likeness (QED) is 0.349. The minimum Gasteiger partial charge on any atom is -0.394 e. The van der Waals surface area contributed by atoms with Gasteiger partial charge in [0.05, 0.1) is 6.61 Å². The first-order valence-corrected chi connectivity index (χ1v) is 10.5. The summed E-state index contributed by atoms with van der Waals surface area (Å²) in [5.74, 6) is 0.310. The van der Waals surface area contributed by atoms with Crippen LogP contribution in [0.5, 0.6) is 0 Å². The Morgan fingerprint density at radius 2 is 1.94 bits per heavy atom. The highest BCUT2D eigenvalue weighted by Crippen LogP contribution is 2.22. The van der Waals surface area contributed by atoms with E-state index in [0.29, 0.717) is 18.8 Å². The zero-order chi connectivity index (χ0) is 22.8. The SMILES string of the molecule is CCCCn1c(=O)[nH]c(=O)c2c1nc(Cc1ccccc1)n2O[C@@H]1O[C@H](CO)[C@@H](O)[C@H]1O. The standard InChI is InChI=1S/C21H26N4O7/c1-2-3-9-24-18-15(19(29)23-21(24)30)25(14(22-18)10-12-7-5-4-6-8-12)32-20-17(28)16(27)13(11-26)31-20/h4-8,13,16-17,20,26-28H,2-3,9-11H2,1H3,(H,23,29,30)/t13-,16-,17-,20+/m1/s1. The van der Waals surface area contributed by atoms with Crippen LogP contribution in [-0.4, -0.2) is 65.8 Å². The van der Waals surface area contributed by atoms with Crippen LogP contribution in [-0.2, 0) is 17.7 Å². The molecular formula is C21H26N4O7. The Bertz CT molecular complexity index is 1190. The van der Waals surface area contributed by atoms with Crippen molar-refractivity contribution in [2.75, 3.05) is 6.61 Å². The van der Waals surface area contributed by atoms with E-state index in [1.807, 2.05) is 37.3 Å². The highest BCUT2D eigenvalue weighted by atomic mass is 16.8. The molecule has 1 aliphatic rings. The van der Waals surface area contributed by atoms with Gasteiger partial charge in [-0.3, -0.25) is 14.3 Å². The van der Waals surface area contributed by atoms with E-state index in [2.05, 4.69) is 9.97 Å². The molecule has 0 saturated carbocycles. The molecule has 172 valence electrons. The molecule has 1 aliphatic heterocycles. The van der Waals surface area contributed by atoms with E-state index in [4.69, 9.17) is 9.57 Å². The molecule has 1 aromatic carbocycles. The van der Waals surface area contributed by atoms with Gasteiger partial charge in [-0.2, -0.15) is 4.73 Å². The van der Waals surface area contributed by atoms with Crippen molar-refractivity contribution in [1.29, 1.82) is 0 Å². The molecule has 0 radical (unpaired) electrons. The number of H-pyrrole nitrogens is 1. The molecule has 4 N–H and O–H groups in total. The number of hydrogen-bond acceptors (Lipinski definition) is 8. The van der Waals surface area contributed by atoms with E-state index in [1.165, 1.54) is 4.57 Å². The number of fused-ring (bicyclic) bond motifs is 1. The Kier molecular flexibility index (Phi) is 6.42. The minimum absolute atomic E-state index is 0.00984. The number of aromatic nitrogens is 4. The van der Waals surface area contributed by atoms with Gasteiger partial charge in [-0.1, -0.05) is 43.7 Å². The van der Waals surface area contributed by atoms with Crippen LogP contribution >= 0.6 is 0 Å². The fourth-order valence-corrected chi connectivity index (χ4v) is 3.73. The first-order valence-electron chi connectivity index (χ1n) is 10.5. The lowest BCUT2D eigenvalue weighted by Crippen LogP contribution is -2.39. The third kappa shape index (κ3) is 4.07. The highest BCUT2D eigenvalue weighted by molar-refractivity contribution is 5.70. The van der Waals surface area contributed by atoms with Crippen LogP contribution in [0.2, 0.25) is 0 Å². The molecule has 0 aliphatic carbocycles. The largest absolute Gasteiger partial charge is 0.394 e. The van der Waals surface area contributed by atoms with E-state index in [1.54, 1.807) is 0 Å².